The van der Waals surface area contributed by atoms with Crippen LogP contribution in [0.3, 0.4) is 0 Å². The van der Waals surface area contributed by atoms with Crippen molar-refractivity contribution in [3.8, 4) is 0 Å². The highest BCUT2D eigenvalue weighted by molar-refractivity contribution is 7.99. The van der Waals surface area contributed by atoms with Crippen molar-refractivity contribution in [1.82, 2.24) is 20.1 Å². The molecule has 3 heterocycles. The molecule has 4 rings (SSSR count). The number of hydrogen-bond acceptors (Lipinski definition) is 7. The van der Waals surface area contributed by atoms with Gasteiger partial charge in [-0.25, -0.2) is 4.98 Å². The first-order valence-corrected chi connectivity index (χ1v) is 12.0. The second-order valence-corrected chi connectivity index (χ2v) is 10.5. The summed E-state index contributed by atoms with van der Waals surface area (Å²) in [7, 11) is 1.99. The molecule has 0 fully saturated rings. The van der Waals surface area contributed by atoms with Crippen molar-refractivity contribution in [1.29, 1.82) is 0 Å². The molecule has 0 aliphatic carbocycles. The summed E-state index contributed by atoms with van der Waals surface area (Å²) >= 11 is 2.48. The maximum Gasteiger partial charge on any atom is 0.417 e. The fourth-order valence-corrected chi connectivity index (χ4v) is 6.26. The lowest BCUT2D eigenvalue weighted by Crippen LogP contribution is -2.41. The van der Waals surface area contributed by atoms with Crippen LogP contribution in [0.2, 0.25) is 0 Å². The average molecular weight is 496 g/mol. The molecule has 1 aliphatic heterocycles. The van der Waals surface area contributed by atoms with Crippen LogP contribution in [0.4, 0.5) is 18.2 Å². The summed E-state index contributed by atoms with van der Waals surface area (Å²) in [5.74, 6) is 0.364. The summed E-state index contributed by atoms with van der Waals surface area (Å²) in [5, 5.41) is 8.30. The van der Waals surface area contributed by atoms with Crippen molar-refractivity contribution in [2.75, 3.05) is 25.2 Å². The van der Waals surface area contributed by atoms with Crippen molar-refractivity contribution in [2.24, 2.45) is 5.92 Å². The molecule has 0 saturated carbocycles. The minimum absolute atomic E-state index is 0.285. The van der Waals surface area contributed by atoms with E-state index in [1.54, 1.807) is 6.92 Å². The zero-order valence-corrected chi connectivity index (χ0v) is 20.3. The number of carbonyl (C=O) groups is 1. The van der Waals surface area contributed by atoms with Gasteiger partial charge in [-0.3, -0.25) is 14.8 Å². The number of ketones is 1. The topological polar surface area (TPSA) is 65.1 Å². The van der Waals surface area contributed by atoms with E-state index in [1.165, 1.54) is 41.3 Å². The van der Waals surface area contributed by atoms with Gasteiger partial charge in [-0.2, -0.15) is 13.2 Å². The van der Waals surface area contributed by atoms with Crippen LogP contribution >= 0.6 is 23.1 Å². The summed E-state index contributed by atoms with van der Waals surface area (Å²) in [5.41, 5.74) is -0.350. The number of aryl methyl sites for hydroxylation is 1. The molecule has 0 amide bonds. The number of hydrogen-bond donors (Lipinski definition) is 1. The molecule has 0 unspecified atom stereocenters. The fourth-order valence-electron chi connectivity index (χ4n) is 3.86. The number of aromatic amines is 1. The predicted molar refractivity (Wildman–Crippen MR) is 123 cm³/mol. The molecule has 33 heavy (non-hydrogen) atoms. The minimum atomic E-state index is -4.62. The third kappa shape index (κ3) is 4.95. The van der Waals surface area contributed by atoms with Gasteiger partial charge in [-0.05, 0) is 37.7 Å². The SMILES string of the molecule is Cc1nc(Sc2c(C(=O)c3ccccc3C(F)(F)F)sc3c2CN(C)CN3CC(C)C)n[nH]1. The number of anilines is 1. The minimum Gasteiger partial charge on any atom is -0.350 e. The Hall–Kier alpha value is -2.37. The maximum absolute atomic E-state index is 13.7. The van der Waals surface area contributed by atoms with Crippen LogP contribution in [-0.2, 0) is 12.7 Å². The molecule has 1 N–H and O–H groups in total. The highest BCUT2D eigenvalue weighted by Gasteiger charge is 2.37. The highest BCUT2D eigenvalue weighted by Crippen LogP contribution is 2.47. The van der Waals surface area contributed by atoms with E-state index in [0.717, 1.165) is 23.2 Å². The van der Waals surface area contributed by atoms with Gasteiger partial charge in [0.1, 0.15) is 5.82 Å². The zero-order valence-electron chi connectivity index (χ0n) is 18.7. The van der Waals surface area contributed by atoms with E-state index in [4.69, 9.17) is 0 Å². The van der Waals surface area contributed by atoms with Gasteiger partial charge in [0.25, 0.3) is 0 Å². The lowest BCUT2D eigenvalue weighted by molar-refractivity contribution is -0.137. The molecule has 11 heteroatoms. The first-order valence-electron chi connectivity index (χ1n) is 10.4. The van der Waals surface area contributed by atoms with Crippen molar-refractivity contribution in [2.45, 2.75) is 43.5 Å². The third-order valence-corrected chi connectivity index (χ3v) is 7.54. The van der Waals surface area contributed by atoms with Gasteiger partial charge in [-0.1, -0.05) is 32.0 Å². The van der Waals surface area contributed by atoms with Crippen LogP contribution < -0.4 is 4.90 Å². The van der Waals surface area contributed by atoms with E-state index in [9.17, 15) is 18.0 Å². The molecular formula is C22H24F3N5OS2. The van der Waals surface area contributed by atoms with Crippen LogP contribution in [0.1, 0.15) is 46.0 Å². The fraction of sp³-hybridized carbons (Fsp3) is 0.409. The first-order chi connectivity index (χ1) is 15.5. The molecule has 0 saturated heterocycles. The Balaban J connectivity index is 1.87. The number of thiophene rings is 1. The van der Waals surface area contributed by atoms with Crippen LogP contribution in [0.5, 0.6) is 0 Å². The Bertz CT molecular complexity index is 1170. The standard InChI is InChI=1S/C22H24F3N5OS2/c1-12(2)9-30-11-29(4)10-15-18(33-21-26-13(3)27-28-21)19(32-20(15)30)17(31)14-7-5-6-8-16(14)22(23,24)25/h5-8,12H,9-11H2,1-4H3,(H,26,27,28). The normalized spacial score (nSPS) is 14.7. The lowest BCUT2D eigenvalue weighted by Gasteiger charge is -2.35. The Labute approximate surface area is 198 Å². The van der Waals surface area contributed by atoms with E-state index >= 15 is 0 Å². The van der Waals surface area contributed by atoms with Crippen molar-refractivity contribution < 1.29 is 18.0 Å². The van der Waals surface area contributed by atoms with Crippen molar-refractivity contribution >= 4 is 33.9 Å². The van der Waals surface area contributed by atoms with Crippen LogP contribution in [0.15, 0.2) is 34.3 Å². The molecule has 0 atom stereocenters. The molecule has 0 spiro atoms. The number of fused-ring (bicyclic) bond motifs is 1. The van der Waals surface area contributed by atoms with E-state index < -0.39 is 17.5 Å². The molecule has 1 aliphatic rings. The molecule has 6 nitrogen and oxygen atoms in total. The third-order valence-electron chi connectivity index (χ3n) is 5.10. The number of alkyl halides is 3. The van der Waals surface area contributed by atoms with E-state index in [0.29, 0.717) is 35.0 Å². The molecule has 176 valence electrons. The number of halogens is 3. The number of nitrogens with one attached hydrogen (secondary N) is 1. The Morgan fingerprint density at radius 2 is 2.03 bits per heavy atom. The Morgan fingerprint density at radius 3 is 2.67 bits per heavy atom. The monoisotopic (exact) mass is 495 g/mol. The quantitative estimate of drug-likeness (QED) is 0.460. The second-order valence-electron chi connectivity index (χ2n) is 8.49. The summed E-state index contributed by atoms with van der Waals surface area (Å²) in [4.78, 5) is 23.1. The van der Waals surface area contributed by atoms with Gasteiger partial charge >= 0.3 is 6.18 Å². The number of carbonyl (C=O) groups excluding carboxylic acids is 1. The number of H-pyrrole nitrogens is 1. The van der Waals surface area contributed by atoms with Crippen molar-refractivity contribution in [3.63, 3.8) is 0 Å². The summed E-state index contributed by atoms with van der Waals surface area (Å²) in [6.07, 6.45) is -4.62. The highest BCUT2D eigenvalue weighted by atomic mass is 32.2. The summed E-state index contributed by atoms with van der Waals surface area (Å²) < 4.78 is 41.0. The Kier molecular flexibility index (Phi) is 6.56. The largest absolute Gasteiger partial charge is 0.417 e. The smallest absolute Gasteiger partial charge is 0.350 e. The van der Waals surface area contributed by atoms with Crippen molar-refractivity contribution in [3.05, 3.63) is 51.7 Å². The predicted octanol–water partition coefficient (Wildman–Crippen LogP) is 5.44. The Morgan fingerprint density at radius 1 is 1.30 bits per heavy atom. The maximum atomic E-state index is 13.7. The van der Waals surface area contributed by atoms with Crippen LogP contribution in [-0.4, -0.2) is 46.1 Å². The zero-order chi connectivity index (χ0) is 23.9. The summed E-state index contributed by atoms with van der Waals surface area (Å²) in [6, 6.07) is 4.95. The molecule has 0 radical (unpaired) electrons. The molecule has 3 aromatic rings. The van der Waals surface area contributed by atoms with Gasteiger partial charge in [0.2, 0.25) is 10.9 Å². The van der Waals surface area contributed by atoms with E-state index in [2.05, 4.69) is 38.8 Å². The van der Waals surface area contributed by atoms with Crippen LogP contribution in [0.25, 0.3) is 0 Å². The van der Waals surface area contributed by atoms with Gasteiger partial charge < -0.3 is 4.90 Å². The second kappa shape index (κ2) is 9.11. The lowest BCUT2D eigenvalue weighted by atomic mass is 10.0. The molecule has 1 aromatic carbocycles. The number of aromatic nitrogens is 3. The molecular weight excluding hydrogens is 471 g/mol. The number of rotatable bonds is 6. The van der Waals surface area contributed by atoms with E-state index in [1.807, 2.05) is 7.05 Å². The summed E-state index contributed by atoms with van der Waals surface area (Å²) in [6.45, 7) is 8.03. The molecule has 0 bridgehead atoms. The molecule has 2 aromatic heterocycles. The van der Waals surface area contributed by atoms with Gasteiger partial charge in [-0.15, -0.1) is 16.4 Å². The number of nitrogens with zero attached hydrogens (tertiary/aromatic N) is 4. The first kappa shape index (κ1) is 23.8. The van der Waals surface area contributed by atoms with Gasteiger partial charge in [0, 0.05) is 29.1 Å². The van der Waals surface area contributed by atoms with Crippen LogP contribution in [0, 0.1) is 12.8 Å². The van der Waals surface area contributed by atoms with E-state index in [-0.39, 0.29) is 10.4 Å². The van der Waals surface area contributed by atoms with Gasteiger partial charge in [0.05, 0.1) is 22.1 Å². The van der Waals surface area contributed by atoms with Gasteiger partial charge in [0.15, 0.2) is 0 Å². The average Bonchev–Trinajstić information content (AvgIpc) is 3.30. The number of benzene rings is 1.